The summed E-state index contributed by atoms with van der Waals surface area (Å²) >= 11 is 0. The molecule has 0 aliphatic rings. The van der Waals surface area contributed by atoms with Gasteiger partial charge in [-0.15, -0.1) is 0 Å². The number of carbonyl (C=O) groups is 1. The van der Waals surface area contributed by atoms with Crippen molar-refractivity contribution < 1.29 is 14.3 Å². The van der Waals surface area contributed by atoms with Gasteiger partial charge in [0.05, 0.1) is 13.2 Å². The summed E-state index contributed by atoms with van der Waals surface area (Å²) in [6.07, 6.45) is 7.24. The highest BCUT2D eigenvalue weighted by atomic mass is 16.6. The molecule has 116 valence electrons. The monoisotopic (exact) mass is 290 g/mol. The first-order valence-electron chi connectivity index (χ1n) is 7.69. The van der Waals surface area contributed by atoms with Crippen molar-refractivity contribution in [1.29, 1.82) is 0 Å². The Morgan fingerprint density at radius 1 is 1.19 bits per heavy atom. The van der Waals surface area contributed by atoms with Crippen LogP contribution >= 0.6 is 0 Å². The standard InChI is InChI=1S/C18H26O3/c1-4-5-6-8-11-15(2)21-18(19)17(20-3)14-16-12-9-7-10-13-16/h7,9-10,12-15H,4-6,8,11H2,1-3H3. The van der Waals surface area contributed by atoms with E-state index in [2.05, 4.69) is 6.92 Å². The second-order valence-corrected chi connectivity index (χ2v) is 5.19. The van der Waals surface area contributed by atoms with E-state index in [0.717, 1.165) is 18.4 Å². The van der Waals surface area contributed by atoms with Gasteiger partial charge in [-0.25, -0.2) is 4.79 Å². The number of hydrogen-bond donors (Lipinski definition) is 0. The Kier molecular flexibility index (Phi) is 8.25. The molecule has 0 radical (unpaired) electrons. The molecule has 0 spiro atoms. The molecule has 0 bridgehead atoms. The molecule has 0 N–H and O–H groups in total. The van der Waals surface area contributed by atoms with E-state index in [0.29, 0.717) is 0 Å². The van der Waals surface area contributed by atoms with Gasteiger partial charge < -0.3 is 9.47 Å². The van der Waals surface area contributed by atoms with Crippen molar-refractivity contribution in [2.24, 2.45) is 0 Å². The van der Waals surface area contributed by atoms with E-state index >= 15 is 0 Å². The second kappa shape index (κ2) is 10.0. The third-order valence-electron chi connectivity index (χ3n) is 3.29. The van der Waals surface area contributed by atoms with Crippen LogP contribution < -0.4 is 0 Å². The topological polar surface area (TPSA) is 35.5 Å². The molecule has 1 rings (SSSR count). The summed E-state index contributed by atoms with van der Waals surface area (Å²) < 4.78 is 10.6. The number of benzene rings is 1. The van der Waals surface area contributed by atoms with E-state index in [1.807, 2.05) is 37.3 Å². The highest BCUT2D eigenvalue weighted by Gasteiger charge is 2.15. The highest BCUT2D eigenvalue weighted by Crippen LogP contribution is 2.13. The Morgan fingerprint density at radius 3 is 2.52 bits per heavy atom. The summed E-state index contributed by atoms with van der Waals surface area (Å²) in [5.74, 6) is -0.161. The summed E-state index contributed by atoms with van der Waals surface area (Å²) in [6, 6.07) is 9.60. The average Bonchev–Trinajstić information content (AvgIpc) is 2.50. The molecule has 0 fully saturated rings. The van der Waals surface area contributed by atoms with E-state index in [-0.39, 0.29) is 11.9 Å². The van der Waals surface area contributed by atoms with Crippen molar-refractivity contribution in [3.05, 3.63) is 41.7 Å². The number of esters is 1. The quantitative estimate of drug-likeness (QED) is 0.289. The molecule has 0 saturated carbocycles. The van der Waals surface area contributed by atoms with Gasteiger partial charge >= 0.3 is 5.97 Å². The van der Waals surface area contributed by atoms with Gasteiger partial charge in [0.25, 0.3) is 0 Å². The van der Waals surface area contributed by atoms with Crippen LogP contribution in [0.5, 0.6) is 0 Å². The van der Waals surface area contributed by atoms with Crippen LogP contribution in [0, 0.1) is 0 Å². The maximum atomic E-state index is 12.1. The van der Waals surface area contributed by atoms with Gasteiger partial charge in [0.15, 0.2) is 0 Å². The molecule has 3 nitrogen and oxygen atoms in total. The predicted octanol–water partition coefficient (Wildman–Crippen LogP) is 4.58. The molecule has 1 aromatic rings. The summed E-state index contributed by atoms with van der Waals surface area (Å²) in [5.41, 5.74) is 0.918. The molecule has 0 aliphatic heterocycles. The van der Waals surface area contributed by atoms with Crippen molar-refractivity contribution in [3.8, 4) is 0 Å². The minimum Gasteiger partial charge on any atom is -0.490 e. The molecule has 0 aliphatic carbocycles. The van der Waals surface area contributed by atoms with E-state index in [1.165, 1.54) is 26.4 Å². The predicted molar refractivity (Wildman–Crippen MR) is 85.7 cm³/mol. The zero-order chi connectivity index (χ0) is 15.5. The summed E-state index contributed by atoms with van der Waals surface area (Å²) in [6.45, 7) is 4.11. The Hall–Kier alpha value is -1.77. The Labute approximate surface area is 128 Å². The Morgan fingerprint density at radius 2 is 1.90 bits per heavy atom. The van der Waals surface area contributed by atoms with Gasteiger partial charge in [-0.1, -0.05) is 56.5 Å². The van der Waals surface area contributed by atoms with Crippen molar-refractivity contribution in [2.45, 2.75) is 52.1 Å². The lowest BCUT2D eigenvalue weighted by Gasteiger charge is -2.14. The van der Waals surface area contributed by atoms with Crippen LogP contribution in [0.4, 0.5) is 0 Å². The average molecular weight is 290 g/mol. The third kappa shape index (κ3) is 6.98. The molecule has 0 heterocycles. The van der Waals surface area contributed by atoms with Crippen LogP contribution in [0.2, 0.25) is 0 Å². The Balaban J connectivity index is 2.50. The Bertz CT molecular complexity index is 437. The van der Waals surface area contributed by atoms with Crippen molar-refractivity contribution in [3.63, 3.8) is 0 Å². The molecular formula is C18H26O3. The number of methoxy groups -OCH3 is 1. The van der Waals surface area contributed by atoms with Gasteiger partial charge in [0, 0.05) is 0 Å². The van der Waals surface area contributed by atoms with Gasteiger partial charge in [-0.05, 0) is 31.4 Å². The zero-order valence-corrected chi connectivity index (χ0v) is 13.3. The first-order valence-corrected chi connectivity index (χ1v) is 7.69. The molecule has 1 unspecified atom stereocenters. The molecule has 0 saturated heterocycles. The van der Waals surface area contributed by atoms with Crippen molar-refractivity contribution in [2.75, 3.05) is 7.11 Å². The number of unbranched alkanes of at least 4 members (excludes halogenated alkanes) is 3. The minimum atomic E-state index is -0.399. The molecule has 1 aromatic carbocycles. The highest BCUT2D eigenvalue weighted by molar-refractivity contribution is 5.91. The molecule has 21 heavy (non-hydrogen) atoms. The third-order valence-corrected chi connectivity index (χ3v) is 3.29. The fraction of sp³-hybridized carbons (Fsp3) is 0.500. The van der Waals surface area contributed by atoms with E-state index in [4.69, 9.17) is 9.47 Å². The molecule has 1 atom stereocenters. The van der Waals surface area contributed by atoms with Crippen LogP contribution in [-0.4, -0.2) is 19.2 Å². The lowest BCUT2D eigenvalue weighted by Crippen LogP contribution is -2.17. The van der Waals surface area contributed by atoms with E-state index in [9.17, 15) is 4.79 Å². The van der Waals surface area contributed by atoms with Gasteiger partial charge in [-0.3, -0.25) is 0 Å². The van der Waals surface area contributed by atoms with Crippen LogP contribution in [0.15, 0.2) is 36.1 Å². The number of rotatable bonds is 9. The van der Waals surface area contributed by atoms with Crippen molar-refractivity contribution >= 4 is 12.0 Å². The van der Waals surface area contributed by atoms with Crippen molar-refractivity contribution in [1.82, 2.24) is 0 Å². The summed E-state index contributed by atoms with van der Waals surface area (Å²) in [5, 5.41) is 0. The maximum absolute atomic E-state index is 12.1. The van der Waals surface area contributed by atoms with Crippen LogP contribution in [0.25, 0.3) is 6.08 Å². The number of carbonyl (C=O) groups excluding carboxylic acids is 1. The first-order chi connectivity index (χ1) is 10.2. The zero-order valence-electron chi connectivity index (χ0n) is 13.3. The van der Waals surface area contributed by atoms with Crippen LogP contribution in [0.1, 0.15) is 51.5 Å². The molecular weight excluding hydrogens is 264 g/mol. The largest absolute Gasteiger partial charge is 0.490 e. The van der Waals surface area contributed by atoms with Gasteiger partial charge in [0.1, 0.15) is 0 Å². The van der Waals surface area contributed by atoms with Gasteiger partial charge in [0.2, 0.25) is 5.76 Å². The van der Waals surface area contributed by atoms with Crippen LogP contribution in [-0.2, 0) is 14.3 Å². The lowest BCUT2D eigenvalue weighted by molar-refractivity contribution is -0.147. The summed E-state index contributed by atoms with van der Waals surface area (Å²) in [4.78, 5) is 12.1. The second-order valence-electron chi connectivity index (χ2n) is 5.19. The van der Waals surface area contributed by atoms with E-state index in [1.54, 1.807) is 6.08 Å². The minimum absolute atomic E-state index is 0.0799. The fourth-order valence-corrected chi connectivity index (χ4v) is 2.06. The summed E-state index contributed by atoms with van der Waals surface area (Å²) in [7, 11) is 1.49. The molecule has 0 aromatic heterocycles. The van der Waals surface area contributed by atoms with Crippen LogP contribution in [0.3, 0.4) is 0 Å². The molecule has 3 heteroatoms. The maximum Gasteiger partial charge on any atom is 0.373 e. The fourth-order valence-electron chi connectivity index (χ4n) is 2.06. The molecule has 0 amide bonds. The van der Waals surface area contributed by atoms with Gasteiger partial charge in [-0.2, -0.15) is 0 Å². The SMILES string of the molecule is CCCCCCC(C)OC(=O)C(=Cc1ccccc1)OC. The van der Waals surface area contributed by atoms with E-state index < -0.39 is 5.97 Å². The smallest absolute Gasteiger partial charge is 0.373 e. The lowest BCUT2D eigenvalue weighted by atomic mass is 10.1. The normalized spacial score (nSPS) is 12.8. The number of ether oxygens (including phenoxy) is 2. The first kappa shape index (κ1) is 17.3. The number of hydrogen-bond acceptors (Lipinski definition) is 3.